The first-order chi connectivity index (χ1) is 8.42. The van der Waals surface area contributed by atoms with Crippen molar-refractivity contribution in [1.82, 2.24) is 10.9 Å². The van der Waals surface area contributed by atoms with Crippen molar-refractivity contribution in [3.8, 4) is 0 Å². The fourth-order valence-electron chi connectivity index (χ4n) is 1.78. The quantitative estimate of drug-likeness (QED) is 0.755. The molecule has 1 aromatic carbocycles. The zero-order valence-electron chi connectivity index (χ0n) is 9.57. The second-order valence-corrected chi connectivity index (χ2v) is 6.00. The summed E-state index contributed by atoms with van der Waals surface area (Å²) in [6.07, 6.45) is 0. The van der Waals surface area contributed by atoms with E-state index in [4.69, 9.17) is 0 Å². The normalized spacial score (nSPS) is 24.2. The minimum Gasteiger partial charge on any atom is -0.280 e. The van der Waals surface area contributed by atoms with E-state index in [1.807, 2.05) is 0 Å². The second-order valence-electron chi connectivity index (χ2n) is 4.10. The van der Waals surface area contributed by atoms with Gasteiger partial charge in [0.2, 0.25) is 10.0 Å². The van der Waals surface area contributed by atoms with E-state index in [0.717, 1.165) is 6.07 Å². The van der Waals surface area contributed by atoms with Gasteiger partial charge in [-0.25, -0.2) is 17.2 Å². The summed E-state index contributed by atoms with van der Waals surface area (Å²) in [5.41, 5.74) is 5.07. The Morgan fingerprint density at radius 3 is 2.72 bits per heavy atom. The van der Waals surface area contributed by atoms with Gasteiger partial charge in [0.15, 0.2) is 11.6 Å². The number of hydrogen-bond donors (Lipinski definition) is 3. The maximum Gasteiger partial charge on any atom is 0.238 e. The fourth-order valence-corrected chi connectivity index (χ4v) is 3.30. The number of benzene rings is 1. The van der Waals surface area contributed by atoms with Gasteiger partial charge in [0.1, 0.15) is 5.25 Å². The molecule has 0 amide bonds. The standard InChI is InChI=1S/C10H13F2N3O2S/c1-6-9(5-13-14-6)18(16,17)15-8-4-2-3-7(11)10(8)12/h2-4,6,9,13-15H,5H2,1H3. The molecule has 0 saturated carbocycles. The van der Waals surface area contributed by atoms with E-state index in [1.54, 1.807) is 6.92 Å². The van der Waals surface area contributed by atoms with E-state index in [1.165, 1.54) is 12.1 Å². The summed E-state index contributed by atoms with van der Waals surface area (Å²) in [4.78, 5) is 0. The molecule has 1 saturated heterocycles. The van der Waals surface area contributed by atoms with Crippen molar-refractivity contribution in [3.63, 3.8) is 0 Å². The Morgan fingerprint density at radius 2 is 2.11 bits per heavy atom. The number of nitrogens with one attached hydrogen (secondary N) is 3. The van der Waals surface area contributed by atoms with Crippen LogP contribution in [-0.2, 0) is 10.0 Å². The molecule has 2 rings (SSSR count). The lowest BCUT2D eigenvalue weighted by Gasteiger charge is -2.16. The molecule has 1 aliphatic heterocycles. The molecule has 100 valence electrons. The van der Waals surface area contributed by atoms with Crippen molar-refractivity contribution in [2.24, 2.45) is 0 Å². The maximum atomic E-state index is 13.4. The molecule has 0 aromatic heterocycles. The Morgan fingerprint density at radius 1 is 1.39 bits per heavy atom. The molecule has 1 fully saturated rings. The van der Waals surface area contributed by atoms with Crippen molar-refractivity contribution < 1.29 is 17.2 Å². The average molecular weight is 277 g/mol. The minimum atomic E-state index is -3.78. The van der Waals surface area contributed by atoms with Crippen molar-refractivity contribution in [1.29, 1.82) is 0 Å². The topological polar surface area (TPSA) is 70.2 Å². The van der Waals surface area contributed by atoms with Gasteiger partial charge in [0.25, 0.3) is 0 Å². The molecular formula is C10H13F2N3O2S. The van der Waals surface area contributed by atoms with E-state index in [0.29, 0.717) is 0 Å². The van der Waals surface area contributed by atoms with Crippen molar-refractivity contribution >= 4 is 15.7 Å². The smallest absolute Gasteiger partial charge is 0.238 e. The average Bonchev–Trinajstić information content (AvgIpc) is 2.72. The van der Waals surface area contributed by atoms with Crippen LogP contribution in [0.4, 0.5) is 14.5 Å². The first kappa shape index (κ1) is 13.2. The third-order valence-corrected chi connectivity index (χ3v) is 4.67. The molecule has 0 radical (unpaired) electrons. The van der Waals surface area contributed by atoms with Crippen LogP contribution in [0, 0.1) is 11.6 Å². The lowest BCUT2D eigenvalue weighted by atomic mass is 10.3. The molecule has 0 spiro atoms. The Kier molecular flexibility index (Phi) is 3.51. The van der Waals surface area contributed by atoms with Crippen LogP contribution in [0.3, 0.4) is 0 Å². The Bertz CT molecular complexity index is 550. The van der Waals surface area contributed by atoms with Gasteiger partial charge in [-0.15, -0.1) is 0 Å². The highest BCUT2D eigenvalue weighted by atomic mass is 32.2. The number of hydrogen-bond acceptors (Lipinski definition) is 4. The van der Waals surface area contributed by atoms with E-state index >= 15 is 0 Å². The van der Waals surface area contributed by atoms with Gasteiger partial charge in [-0.05, 0) is 19.1 Å². The number of anilines is 1. The molecule has 5 nitrogen and oxygen atoms in total. The van der Waals surface area contributed by atoms with Gasteiger partial charge in [-0.3, -0.25) is 15.6 Å². The van der Waals surface area contributed by atoms with E-state index in [-0.39, 0.29) is 18.3 Å². The number of halogens is 2. The summed E-state index contributed by atoms with van der Waals surface area (Å²) in [6.45, 7) is 1.89. The first-order valence-corrected chi connectivity index (χ1v) is 6.90. The van der Waals surface area contributed by atoms with Crippen molar-refractivity contribution in [2.45, 2.75) is 18.2 Å². The second kappa shape index (κ2) is 4.79. The van der Waals surface area contributed by atoms with Crippen LogP contribution in [0.5, 0.6) is 0 Å². The maximum absolute atomic E-state index is 13.4. The molecule has 1 heterocycles. The van der Waals surface area contributed by atoms with Gasteiger partial charge >= 0.3 is 0 Å². The fraction of sp³-hybridized carbons (Fsp3) is 0.400. The summed E-state index contributed by atoms with van der Waals surface area (Å²) in [5, 5.41) is -0.750. The Balaban J connectivity index is 2.25. The third-order valence-electron chi connectivity index (χ3n) is 2.79. The van der Waals surface area contributed by atoms with Crippen LogP contribution in [0.2, 0.25) is 0 Å². The van der Waals surface area contributed by atoms with Crippen LogP contribution >= 0.6 is 0 Å². The summed E-state index contributed by atoms with van der Waals surface area (Å²) >= 11 is 0. The van der Waals surface area contributed by atoms with Crippen LogP contribution in [0.1, 0.15) is 6.92 Å². The number of rotatable bonds is 3. The molecular weight excluding hydrogens is 264 g/mol. The zero-order valence-corrected chi connectivity index (χ0v) is 10.4. The highest BCUT2D eigenvalue weighted by molar-refractivity contribution is 7.93. The predicted molar refractivity (Wildman–Crippen MR) is 63.3 cm³/mol. The van der Waals surface area contributed by atoms with Gasteiger partial charge < -0.3 is 0 Å². The Hall–Kier alpha value is -1.25. The minimum absolute atomic E-state index is 0.202. The molecule has 2 unspecified atom stereocenters. The number of sulfonamides is 1. The van der Waals surface area contributed by atoms with Crippen LogP contribution in [0.15, 0.2) is 18.2 Å². The van der Waals surface area contributed by atoms with Gasteiger partial charge in [-0.2, -0.15) is 0 Å². The lowest BCUT2D eigenvalue weighted by molar-refractivity contribution is 0.511. The predicted octanol–water partition coefficient (Wildman–Crippen LogP) is 0.571. The molecule has 18 heavy (non-hydrogen) atoms. The number of hydrazine groups is 1. The SMILES string of the molecule is CC1NNCC1S(=O)(=O)Nc1cccc(F)c1F. The third kappa shape index (κ3) is 2.45. The van der Waals surface area contributed by atoms with Crippen LogP contribution < -0.4 is 15.6 Å². The summed E-state index contributed by atoms with van der Waals surface area (Å²) in [7, 11) is -3.78. The summed E-state index contributed by atoms with van der Waals surface area (Å²) in [6, 6.07) is 3.02. The lowest BCUT2D eigenvalue weighted by Crippen LogP contribution is -2.38. The van der Waals surface area contributed by atoms with Gasteiger partial charge in [-0.1, -0.05) is 6.07 Å². The van der Waals surface area contributed by atoms with Gasteiger partial charge in [0.05, 0.1) is 5.69 Å². The Labute approximate surface area is 104 Å². The highest BCUT2D eigenvalue weighted by Gasteiger charge is 2.35. The van der Waals surface area contributed by atoms with Crippen molar-refractivity contribution in [2.75, 3.05) is 11.3 Å². The van der Waals surface area contributed by atoms with E-state index in [2.05, 4.69) is 15.6 Å². The zero-order chi connectivity index (χ0) is 13.3. The highest BCUT2D eigenvalue weighted by Crippen LogP contribution is 2.20. The van der Waals surface area contributed by atoms with Crippen LogP contribution in [-0.4, -0.2) is 26.3 Å². The molecule has 2 atom stereocenters. The largest absolute Gasteiger partial charge is 0.280 e. The van der Waals surface area contributed by atoms with E-state index in [9.17, 15) is 17.2 Å². The van der Waals surface area contributed by atoms with Gasteiger partial charge in [0, 0.05) is 12.6 Å². The molecule has 1 aliphatic rings. The summed E-state index contributed by atoms with van der Waals surface area (Å²) in [5.74, 6) is -2.29. The monoisotopic (exact) mass is 277 g/mol. The molecule has 8 heteroatoms. The first-order valence-electron chi connectivity index (χ1n) is 5.36. The van der Waals surface area contributed by atoms with Crippen LogP contribution in [0.25, 0.3) is 0 Å². The van der Waals surface area contributed by atoms with E-state index < -0.39 is 26.9 Å². The molecule has 3 N–H and O–H groups in total. The molecule has 0 bridgehead atoms. The molecule has 1 aromatic rings. The summed E-state index contributed by atoms with van der Waals surface area (Å²) < 4.78 is 52.4. The van der Waals surface area contributed by atoms with Crippen molar-refractivity contribution in [3.05, 3.63) is 29.8 Å². The molecule has 0 aliphatic carbocycles.